The van der Waals surface area contributed by atoms with Crippen LogP contribution in [0.25, 0.3) is 11.3 Å². The molecule has 76 valence electrons. The highest BCUT2D eigenvalue weighted by Crippen LogP contribution is 2.21. The van der Waals surface area contributed by atoms with E-state index < -0.39 is 0 Å². The lowest BCUT2D eigenvalue weighted by Crippen LogP contribution is -2.05. The van der Waals surface area contributed by atoms with E-state index in [2.05, 4.69) is 5.32 Å². The fourth-order valence-corrected chi connectivity index (χ4v) is 1.36. The van der Waals surface area contributed by atoms with E-state index in [-0.39, 0.29) is 5.91 Å². The van der Waals surface area contributed by atoms with Crippen molar-refractivity contribution in [3.63, 3.8) is 0 Å². The van der Waals surface area contributed by atoms with Gasteiger partial charge in [0.25, 0.3) is 0 Å². The van der Waals surface area contributed by atoms with Crippen LogP contribution >= 0.6 is 0 Å². The zero-order chi connectivity index (χ0) is 10.7. The molecule has 0 unspecified atom stereocenters. The van der Waals surface area contributed by atoms with Crippen LogP contribution < -0.4 is 5.32 Å². The van der Waals surface area contributed by atoms with Crippen LogP contribution in [0.3, 0.4) is 0 Å². The molecule has 0 bridgehead atoms. The lowest BCUT2D eigenvalue weighted by Gasteiger charge is -2.02. The van der Waals surface area contributed by atoms with Gasteiger partial charge in [-0.25, -0.2) is 0 Å². The molecule has 0 spiro atoms. The van der Waals surface area contributed by atoms with E-state index in [1.54, 1.807) is 6.26 Å². The third-order valence-corrected chi connectivity index (χ3v) is 2.01. The van der Waals surface area contributed by atoms with Gasteiger partial charge < -0.3 is 9.73 Å². The Morgan fingerprint density at radius 1 is 1.20 bits per heavy atom. The topological polar surface area (TPSA) is 42.2 Å². The summed E-state index contributed by atoms with van der Waals surface area (Å²) >= 11 is 0. The van der Waals surface area contributed by atoms with E-state index in [4.69, 9.17) is 4.42 Å². The van der Waals surface area contributed by atoms with Crippen LogP contribution in [0.1, 0.15) is 6.92 Å². The number of anilines is 1. The number of carbonyl (C=O) groups excluding carboxylic acids is 1. The van der Waals surface area contributed by atoms with Gasteiger partial charge in [-0.2, -0.15) is 0 Å². The number of hydrogen-bond donors (Lipinski definition) is 1. The van der Waals surface area contributed by atoms with Crippen molar-refractivity contribution in [2.24, 2.45) is 0 Å². The fraction of sp³-hybridized carbons (Fsp3) is 0.0833. The van der Waals surface area contributed by atoms with E-state index in [0.29, 0.717) is 0 Å². The van der Waals surface area contributed by atoms with Crippen molar-refractivity contribution in [3.8, 4) is 11.3 Å². The van der Waals surface area contributed by atoms with Crippen molar-refractivity contribution in [2.45, 2.75) is 6.92 Å². The van der Waals surface area contributed by atoms with E-state index >= 15 is 0 Å². The lowest BCUT2D eigenvalue weighted by molar-refractivity contribution is -0.114. The Labute approximate surface area is 87.7 Å². The van der Waals surface area contributed by atoms with E-state index in [0.717, 1.165) is 17.0 Å². The van der Waals surface area contributed by atoms with Gasteiger partial charge >= 0.3 is 0 Å². The molecule has 0 atom stereocenters. The molecule has 0 aliphatic carbocycles. The molecule has 3 heteroatoms. The van der Waals surface area contributed by atoms with Gasteiger partial charge in [0.05, 0.1) is 6.26 Å². The molecular formula is C12H11NO2. The summed E-state index contributed by atoms with van der Waals surface area (Å²) in [5, 5.41) is 2.71. The summed E-state index contributed by atoms with van der Waals surface area (Å²) in [6.07, 6.45) is 1.64. The predicted octanol–water partition coefficient (Wildman–Crippen LogP) is 2.91. The summed E-state index contributed by atoms with van der Waals surface area (Å²) in [5.41, 5.74) is 1.78. The molecule has 0 saturated carbocycles. The number of furan rings is 1. The quantitative estimate of drug-likeness (QED) is 0.811. The number of hydrogen-bond acceptors (Lipinski definition) is 2. The van der Waals surface area contributed by atoms with Gasteiger partial charge in [0.1, 0.15) is 5.76 Å². The number of carbonyl (C=O) groups is 1. The third-order valence-electron chi connectivity index (χ3n) is 2.01. The molecule has 1 N–H and O–H groups in total. The predicted molar refractivity (Wildman–Crippen MR) is 58.4 cm³/mol. The number of nitrogens with one attached hydrogen (secondary N) is 1. The van der Waals surface area contributed by atoms with Gasteiger partial charge in [0.2, 0.25) is 5.91 Å². The molecule has 0 aliphatic heterocycles. The molecule has 2 aromatic rings. The van der Waals surface area contributed by atoms with Crippen LogP contribution in [-0.4, -0.2) is 5.91 Å². The van der Waals surface area contributed by atoms with Crippen LogP contribution in [0.2, 0.25) is 0 Å². The van der Waals surface area contributed by atoms with Crippen LogP contribution in [0.4, 0.5) is 5.69 Å². The summed E-state index contributed by atoms with van der Waals surface area (Å²) in [5.74, 6) is 0.755. The Morgan fingerprint density at radius 3 is 2.47 bits per heavy atom. The highest BCUT2D eigenvalue weighted by Gasteiger charge is 2.00. The Bertz CT molecular complexity index is 443. The molecule has 2 rings (SSSR count). The number of amides is 1. The first-order valence-electron chi connectivity index (χ1n) is 4.67. The molecule has 1 heterocycles. The second kappa shape index (κ2) is 4.00. The van der Waals surface area contributed by atoms with Crippen molar-refractivity contribution < 1.29 is 9.21 Å². The highest BCUT2D eigenvalue weighted by molar-refractivity contribution is 5.88. The Morgan fingerprint density at radius 2 is 1.93 bits per heavy atom. The minimum absolute atomic E-state index is 0.0688. The normalized spacial score (nSPS) is 9.93. The smallest absolute Gasteiger partial charge is 0.221 e. The number of benzene rings is 1. The maximum atomic E-state index is 10.8. The Kier molecular flexibility index (Phi) is 2.54. The summed E-state index contributed by atoms with van der Waals surface area (Å²) in [6.45, 7) is 1.49. The van der Waals surface area contributed by atoms with Crippen LogP contribution in [0, 0.1) is 0 Å². The minimum Gasteiger partial charge on any atom is -0.464 e. The largest absolute Gasteiger partial charge is 0.464 e. The molecule has 0 saturated heterocycles. The molecule has 0 fully saturated rings. The first kappa shape index (κ1) is 9.52. The highest BCUT2D eigenvalue weighted by atomic mass is 16.3. The SMILES string of the molecule is CC(=O)Nc1ccc(-c2ccco2)cc1. The van der Waals surface area contributed by atoms with Crippen molar-refractivity contribution in [2.75, 3.05) is 5.32 Å². The molecule has 1 aromatic carbocycles. The van der Waals surface area contributed by atoms with Gasteiger partial charge in [0.15, 0.2) is 0 Å². The first-order valence-corrected chi connectivity index (χ1v) is 4.67. The second-order valence-corrected chi connectivity index (χ2v) is 3.24. The van der Waals surface area contributed by atoms with Crippen LogP contribution in [-0.2, 0) is 4.79 Å². The van der Waals surface area contributed by atoms with Crippen molar-refractivity contribution in [3.05, 3.63) is 42.7 Å². The van der Waals surface area contributed by atoms with Crippen molar-refractivity contribution >= 4 is 11.6 Å². The van der Waals surface area contributed by atoms with Crippen LogP contribution in [0.5, 0.6) is 0 Å². The van der Waals surface area contributed by atoms with Gasteiger partial charge in [0, 0.05) is 18.2 Å². The van der Waals surface area contributed by atoms with Gasteiger partial charge in [-0.05, 0) is 36.4 Å². The Hall–Kier alpha value is -2.03. The van der Waals surface area contributed by atoms with Crippen LogP contribution in [0.15, 0.2) is 47.1 Å². The lowest BCUT2D eigenvalue weighted by atomic mass is 10.1. The monoisotopic (exact) mass is 201 g/mol. The summed E-state index contributed by atoms with van der Waals surface area (Å²) in [7, 11) is 0. The summed E-state index contributed by atoms with van der Waals surface area (Å²) < 4.78 is 5.25. The maximum absolute atomic E-state index is 10.8. The van der Waals surface area contributed by atoms with Gasteiger partial charge in [-0.3, -0.25) is 4.79 Å². The van der Waals surface area contributed by atoms with Gasteiger partial charge in [-0.1, -0.05) is 0 Å². The third kappa shape index (κ3) is 2.26. The molecular weight excluding hydrogens is 190 g/mol. The summed E-state index contributed by atoms with van der Waals surface area (Å²) in [6, 6.07) is 11.2. The standard InChI is InChI=1S/C12H11NO2/c1-9(14)13-11-6-4-10(5-7-11)12-3-2-8-15-12/h2-8H,1H3,(H,13,14). The molecule has 3 nitrogen and oxygen atoms in total. The maximum Gasteiger partial charge on any atom is 0.221 e. The molecule has 1 amide bonds. The minimum atomic E-state index is -0.0688. The van der Waals surface area contributed by atoms with E-state index in [9.17, 15) is 4.79 Å². The average molecular weight is 201 g/mol. The zero-order valence-corrected chi connectivity index (χ0v) is 8.36. The second-order valence-electron chi connectivity index (χ2n) is 3.24. The Balaban J connectivity index is 2.21. The molecule has 1 aromatic heterocycles. The van der Waals surface area contributed by atoms with E-state index in [1.807, 2.05) is 36.4 Å². The van der Waals surface area contributed by atoms with Crippen molar-refractivity contribution in [1.82, 2.24) is 0 Å². The molecule has 0 radical (unpaired) electrons. The summed E-state index contributed by atoms with van der Waals surface area (Å²) in [4.78, 5) is 10.8. The first-order chi connectivity index (χ1) is 7.25. The van der Waals surface area contributed by atoms with E-state index in [1.165, 1.54) is 6.92 Å². The molecule has 0 aliphatic rings. The number of rotatable bonds is 2. The molecule has 15 heavy (non-hydrogen) atoms. The fourth-order valence-electron chi connectivity index (χ4n) is 1.36. The average Bonchev–Trinajstić information content (AvgIpc) is 2.71. The van der Waals surface area contributed by atoms with Crippen molar-refractivity contribution in [1.29, 1.82) is 0 Å². The van der Waals surface area contributed by atoms with Gasteiger partial charge in [-0.15, -0.1) is 0 Å². The zero-order valence-electron chi connectivity index (χ0n) is 8.36.